The third kappa shape index (κ3) is 5.06. The number of hydrogen-bond acceptors (Lipinski definition) is 3. The van der Waals surface area contributed by atoms with Crippen molar-refractivity contribution in [3.05, 3.63) is 34.9 Å². The van der Waals surface area contributed by atoms with Crippen LogP contribution >= 0.6 is 11.6 Å². The first-order valence-electron chi connectivity index (χ1n) is 5.59. The van der Waals surface area contributed by atoms with Crippen molar-refractivity contribution in [1.82, 2.24) is 4.90 Å². The molecule has 0 radical (unpaired) electrons. The molecule has 0 atom stereocenters. The van der Waals surface area contributed by atoms with Crippen LogP contribution in [0, 0.1) is 0 Å². The number of halogens is 1. The Morgan fingerprint density at radius 2 is 2.06 bits per heavy atom. The fourth-order valence-electron chi connectivity index (χ4n) is 1.64. The lowest BCUT2D eigenvalue weighted by Crippen LogP contribution is -2.34. The molecule has 4 nitrogen and oxygen atoms in total. The fraction of sp³-hybridized carbons (Fsp3) is 0.417. The number of rotatable bonds is 6. The lowest BCUT2D eigenvalue weighted by molar-refractivity contribution is 0.286. The number of hydrogen-bond donors (Lipinski definition) is 2. The van der Waals surface area contributed by atoms with Crippen LogP contribution in [-0.2, 0) is 6.54 Å². The van der Waals surface area contributed by atoms with Crippen molar-refractivity contribution in [3.63, 3.8) is 0 Å². The van der Waals surface area contributed by atoms with Crippen LogP contribution in [0.4, 0.5) is 0 Å². The molecule has 0 aliphatic carbocycles. The van der Waals surface area contributed by atoms with Crippen molar-refractivity contribution < 1.29 is 5.21 Å². The zero-order chi connectivity index (χ0) is 12.7. The molecular formula is C12H18ClN3O. The highest BCUT2D eigenvalue weighted by Crippen LogP contribution is 2.11. The molecule has 0 aromatic heterocycles. The van der Waals surface area contributed by atoms with Gasteiger partial charge in [-0.05, 0) is 30.7 Å². The number of amidine groups is 1. The first kappa shape index (κ1) is 13.8. The second kappa shape index (κ2) is 7.14. The van der Waals surface area contributed by atoms with Gasteiger partial charge in [-0.25, -0.2) is 0 Å². The molecule has 0 fully saturated rings. The lowest BCUT2D eigenvalue weighted by atomic mass is 10.2. The Labute approximate surface area is 107 Å². The maximum atomic E-state index is 8.57. The van der Waals surface area contributed by atoms with E-state index in [4.69, 9.17) is 22.5 Å². The monoisotopic (exact) mass is 255 g/mol. The van der Waals surface area contributed by atoms with Crippen molar-refractivity contribution in [3.8, 4) is 0 Å². The van der Waals surface area contributed by atoms with Gasteiger partial charge in [-0.3, -0.25) is 4.90 Å². The van der Waals surface area contributed by atoms with Gasteiger partial charge >= 0.3 is 0 Å². The molecule has 0 spiro atoms. The molecule has 0 aliphatic heterocycles. The Balaban J connectivity index is 2.62. The molecular weight excluding hydrogens is 238 g/mol. The van der Waals surface area contributed by atoms with Gasteiger partial charge in [-0.1, -0.05) is 35.8 Å². The second-order valence-electron chi connectivity index (χ2n) is 3.93. The van der Waals surface area contributed by atoms with Gasteiger partial charge < -0.3 is 10.9 Å². The predicted octanol–water partition coefficient (Wildman–Crippen LogP) is 2.30. The van der Waals surface area contributed by atoms with Crippen molar-refractivity contribution in [2.45, 2.75) is 19.9 Å². The summed E-state index contributed by atoms with van der Waals surface area (Å²) in [7, 11) is 0. The van der Waals surface area contributed by atoms with E-state index in [1.807, 2.05) is 24.3 Å². The molecule has 0 bridgehead atoms. The van der Waals surface area contributed by atoms with Crippen LogP contribution in [0.5, 0.6) is 0 Å². The highest BCUT2D eigenvalue weighted by atomic mass is 35.5. The Morgan fingerprint density at radius 3 is 2.59 bits per heavy atom. The normalized spacial score (nSPS) is 12.1. The van der Waals surface area contributed by atoms with Crippen molar-refractivity contribution in [2.24, 2.45) is 10.9 Å². The molecule has 0 amide bonds. The van der Waals surface area contributed by atoms with Crippen LogP contribution in [0.25, 0.3) is 0 Å². The summed E-state index contributed by atoms with van der Waals surface area (Å²) in [5, 5.41) is 12.3. The summed E-state index contributed by atoms with van der Waals surface area (Å²) in [5.41, 5.74) is 6.68. The van der Waals surface area contributed by atoms with Gasteiger partial charge in [0.25, 0.3) is 0 Å². The van der Waals surface area contributed by atoms with E-state index in [1.165, 1.54) is 0 Å². The number of oxime groups is 1. The van der Waals surface area contributed by atoms with Crippen molar-refractivity contribution in [1.29, 1.82) is 0 Å². The minimum absolute atomic E-state index is 0.229. The molecule has 5 heteroatoms. The molecule has 94 valence electrons. The van der Waals surface area contributed by atoms with E-state index in [2.05, 4.69) is 17.0 Å². The first-order chi connectivity index (χ1) is 8.15. The molecule has 1 rings (SSSR count). The van der Waals surface area contributed by atoms with Gasteiger partial charge in [0, 0.05) is 11.6 Å². The van der Waals surface area contributed by atoms with Crippen LogP contribution in [0.3, 0.4) is 0 Å². The third-order valence-electron chi connectivity index (χ3n) is 2.37. The SMILES string of the molecule is CCCN(CC(N)=NO)Cc1ccc(Cl)cc1. The maximum absolute atomic E-state index is 8.57. The zero-order valence-electron chi connectivity index (χ0n) is 9.93. The average molecular weight is 256 g/mol. The van der Waals surface area contributed by atoms with E-state index in [0.29, 0.717) is 6.54 Å². The van der Waals surface area contributed by atoms with E-state index in [1.54, 1.807) is 0 Å². The minimum atomic E-state index is 0.229. The Kier molecular flexibility index (Phi) is 5.80. The smallest absolute Gasteiger partial charge is 0.153 e. The Hall–Kier alpha value is -1.26. The molecule has 0 saturated heterocycles. The third-order valence-corrected chi connectivity index (χ3v) is 2.63. The zero-order valence-corrected chi connectivity index (χ0v) is 10.7. The Bertz CT molecular complexity index is 365. The molecule has 3 N–H and O–H groups in total. The summed E-state index contributed by atoms with van der Waals surface area (Å²) in [6.07, 6.45) is 1.02. The van der Waals surface area contributed by atoms with Crippen molar-refractivity contribution in [2.75, 3.05) is 13.1 Å². The van der Waals surface area contributed by atoms with Crippen LogP contribution in [0.1, 0.15) is 18.9 Å². The van der Waals surface area contributed by atoms with Gasteiger partial charge in [0.05, 0.1) is 6.54 Å². The van der Waals surface area contributed by atoms with Gasteiger partial charge in [0.1, 0.15) is 0 Å². The van der Waals surface area contributed by atoms with Crippen LogP contribution < -0.4 is 5.73 Å². The minimum Gasteiger partial charge on any atom is -0.409 e. The molecule has 0 aliphatic rings. The number of nitrogens with two attached hydrogens (primary N) is 1. The van der Waals surface area contributed by atoms with Gasteiger partial charge in [0.2, 0.25) is 0 Å². The predicted molar refractivity (Wildman–Crippen MR) is 70.4 cm³/mol. The standard InChI is InChI=1S/C12H18ClN3O/c1-2-7-16(9-12(14)15-17)8-10-3-5-11(13)6-4-10/h3-6,17H,2,7-9H2,1H3,(H2,14,15). The first-order valence-corrected chi connectivity index (χ1v) is 5.96. The average Bonchev–Trinajstić information content (AvgIpc) is 2.32. The summed E-state index contributed by atoms with van der Waals surface area (Å²) < 4.78 is 0. The highest BCUT2D eigenvalue weighted by molar-refractivity contribution is 6.30. The molecule has 0 saturated carbocycles. The van der Waals surface area contributed by atoms with Crippen LogP contribution in [0.15, 0.2) is 29.4 Å². The van der Waals surface area contributed by atoms with Crippen LogP contribution in [0.2, 0.25) is 5.02 Å². The van der Waals surface area contributed by atoms with E-state index >= 15 is 0 Å². The summed E-state index contributed by atoms with van der Waals surface area (Å²) in [6, 6.07) is 7.70. The lowest BCUT2D eigenvalue weighted by Gasteiger charge is -2.20. The summed E-state index contributed by atoms with van der Waals surface area (Å²) in [4.78, 5) is 2.12. The topological polar surface area (TPSA) is 61.8 Å². The van der Waals surface area contributed by atoms with E-state index in [-0.39, 0.29) is 5.84 Å². The summed E-state index contributed by atoms with van der Waals surface area (Å²) >= 11 is 5.83. The van der Waals surface area contributed by atoms with Gasteiger partial charge in [-0.15, -0.1) is 0 Å². The van der Waals surface area contributed by atoms with E-state index in [0.717, 1.165) is 30.1 Å². The number of benzene rings is 1. The molecule has 1 aromatic rings. The molecule has 0 unspecified atom stereocenters. The number of nitrogens with zero attached hydrogens (tertiary/aromatic N) is 2. The maximum Gasteiger partial charge on any atom is 0.153 e. The summed E-state index contributed by atoms with van der Waals surface area (Å²) in [5.74, 6) is 0.229. The summed E-state index contributed by atoms with van der Waals surface area (Å²) in [6.45, 7) is 4.23. The second-order valence-corrected chi connectivity index (χ2v) is 4.36. The fourth-order valence-corrected chi connectivity index (χ4v) is 1.76. The molecule has 0 heterocycles. The largest absolute Gasteiger partial charge is 0.409 e. The van der Waals surface area contributed by atoms with Gasteiger partial charge in [-0.2, -0.15) is 0 Å². The van der Waals surface area contributed by atoms with E-state index in [9.17, 15) is 0 Å². The van der Waals surface area contributed by atoms with Crippen molar-refractivity contribution >= 4 is 17.4 Å². The molecule has 1 aromatic carbocycles. The van der Waals surface area contributed by atoms with Gasteiger partial charge in [0.15, 0.2) is 5.84 Å². The Morgan fingerprint density at radius 1 is 1.41 bits per heavy atom. The molecule has 17 heavy (non-hydrogen) atoms. The van der Waals surface area contributed by atoms with E-state index < -0.39 is 0 Å². The highest BCUT2D eigenvalue weighted by Gasteiger charge is 2.07. The quantitative estimate of drug-likeness (QED) is 0.355. The van der Waals surface area contributed by atoms with Crippen LogP contribution in [-0.4, -0.2) is 29.0 Å².